The zero-order valence-corrected chi connectivity index (χ0v) is 19.4. The van der Waals surface area contributed by atoms with Crippen LogP contribution in [0, 0.1) is 17.2 Å². The van der Waals surface area contributed by atoms with Gasteiger partial charge in [0.1, 0.15) is 6.07 Å². The van der Waals surface area contributed by atoms with Crippen molar-refractivity contribution in [2.24, 2.45) is 5.92 Å². The Morgan fingerprint density at radius 2 is 1.91 bits per heavy atom. The number of pyridine rings is 1. The number of nitrogens with one attached hydrogen (secondary N) is 2. The zero-order valence-electron chi connectivity index (χ0n) is 19.4. The SMILES string of the molecule is C[C@H]1C[C@@H](NCc2ccc(C3CCNCC3)cc2)CN(c2ccc(C#N)c3ncccc23)C1. The molecule has 2 fully saturated rings. The number of aromatic nitrogens is 1. The summed E-state index contributed by atoms with van der Waals surface area (Å²) in [6.07, 6.45) is 5.43. The van der Waals surface area contributed by atoms with Gasteiger partial charge in [-0.25, -0.2) is 0 Å². The van der Waals surface area contributed by atoms with E-state index in [1.54, 1.807) is 6.20 Å². The first kappa shape index (κ1) is 21.9. The minimum absolute atomic E-state index is 0.431. The van der Waals surface area contributed by atoms with Crippen molar-refractivity contribution in [3.05, 3.63) is 71.4 Å². The van der Waals surface area contributed by atoms with Gasteiger partial charge in [-0.1, -0.05) is 31.2 Å². The molecule has 2 N–H and O–H groups in total. The maximum Gasteiger partial charge on any atom is 0.101 e. The lowest BCUT2D eigenvalue weighted by molar-refractivity contribution is 0.350. The van der Waals surface area contributed by atoms with Crippen LogP contribution in [0.5, 0.6) is 0 Å². The Labute approximate surface area is 196 Å². The number of hydrogen-bond acceptors (Lipinski definition) is 5. The molecule has 2 aliphatic heterocycles. The van der Waals surface area contributed by atoms with Crippen LogP contribution in [0.1, 0.15) is 48.8 Å². The molecular formula is C28H33N5. The largest absolute Gasteiger partial charge is 0.369 e. The molecule has 5 heteroatoms. The molecule has 2 aliphatic rings. The molecule has 0 bridgehead atoms. The summed E-state index contributed by atoms with van der Waals surface area (Å²) in [5.74, 6) is 1.30. The standard InChI is InChI=1S/C28H33N5/c1-20-15-25(32-17-21-4-6-22(7-5-21)23-10-13-30-14-11-23)19-33(18-20)27-9-8-24(16-29)28-26(27)3-2-12-31-28/h2-9,12,20,23,25,30,32H,10-11,13-15,17-19H2,1H3/t20-,25+/m0/s1. The Morgan fingerprint density at radius 1 is 1.09 bits per heavy atom. The van der Waals surface area contributed by atoms with Crippen LogP contribution in [-0.2, 0) is 6.54 Å². The van der Waals surface area contributed by atoms with Gasteiger partial charge in [-0.2, -0.15) is 5.26 Å². The van der Waals surface area contributed by atoms with Gasteiger partial charge in [0.25, 0.3) is 0 Å². The number of piperidine rings is 2. The first-order valence-corrected chi connectivity index (χ1v) is 12.3. The Morgan fingerprint density at radius 3 is 2.70 bits per heavy atom. The molecule has 5 rings (SSSR count). The van der Waals surface area contributed by atoms with Gasteiger partial charge in [-0.15, -0.1) is 0 Å². The van der Waals surface area contributed by atoms with Crippen LogP contribution in [0.3, 0.4) is 0 Å². The first-order chi connectivity index (χ1) is 16.2. The number of fused-ring (bicyclic) bond motifs is 1. The van der Waals surface area contributed by atoms with Gasteiger partial charge >= 0.3 is 0 Å². The molecule has 0 aliphatic carbocycles. The normalized spacial score (nSPS) is 21.8. The third-order valence-corrected chi connectivity index (χ3v) is 7.25. The highest BCUT2D eigenvalue weighted by atomic mass is 15.2. The average molecular weight is 440 g/mol. The van der Waals surface area contributed by atoms with E-state index < -0.39 is 0 Å². The van der Waals surface area contributed by atoms with Crippen LogP contribution in [0.2, 0.25) is 0 Å². The number of nitriles is 1. The summed E-state index contributed by atoms with van der Waals surface area (Å²) in [6, 6.07) is 20.0. The van der Waals surface area contributed by atoms with E-state index in [9.17, 15) is 5.26 Å². The number of rotatable bonds is 5. The molecule has 0 amide bonds. The first-order valence-electron chi connectivity index (χ1n) is 12.3. The maximum atomic E-state index is 9.47. The molecular weight excluding hydrogens is 406 g/mol. The van der Waals surface area contributed by atoms with Gasteiger partial charge in [0, 0.05) is 42.9 Å². The molecule has 2 aromatic carbocycles. The summed E-state index contributed by atoms with van der Waals surface area (Å²) in [5.41, 5.74) is 5.46. The summed E-state index contributed by atoms with van der Waals surface area (Å²) in [5, 5.41) is 17.8. The minimum Gasteiger partial charge on any atom is -0.369 e. The van der Waals surface area contributed by atoms with E-state index >= 15 is 0 Å². The third kappa shape index (κ3) is 4.88. The van der Waals surface area contributed by atoms with Crippen molar-refractivity contribution in [2.75, 3.05) is 31.1 Å². The van der Waals surface area contributed by atoms with E-state index in [2.05, 4.69) is 69.9 Å². The molecule has 0 radical (unpaired) electrons. The second kappa shape index (κ2) is 9.91. The Kier molecular flexibility index (Phi) is 6.57. The molecule has 0 saturated carbocycles. The average Bonchev–Trinajstić information content (AvgIpc) is 2.87. The number of benzene rings is 2. The molecule has 1 aromatic heterocycles. The highest BCUT2D eigenvalue weighted by Crippen LogP contribution is 2.31. The molecule has 0 unspecified atom stereocenters. The topological polar surface area (TPSA) is 64.0 Å². The summed E-state index contributed by atoms with van der Waals surface area (Å²) in [4.78, 5) is 6.96. The number of hydrogen-bond donors (Lipinski definition) is 2. The predicted molar refractivity (Wildman–Crippen MR) is 134 cm³/mol. The summed E-state index contributed by atoms with van der Waals surface area (Å²) >= 11 is 0. The molecule has 2 saturated heterocycles. The monoisotopic (exact) mass is 439 g/mol. The van der Waals surface area contributed by atoms with Crippen LogP contribution in [-0.4, -0.2) is 37.2 Å². The summed E-state index contributed by atoms with van der Waals surface area (Å²) in [7, 11) is 0. The molecule has 3 aromatic rings. The Bertz CT molecular complexity index is 1130. The van der Waals surface area contributed by atoms with Crippen LogP contribution in [0.4, 0.5) is 5.69 Å². The molecule has 0 spiro atoms. The summed E-state index contributed by atoms with van der Waals surface area (Å²) < 4.78 is 0. The fourth-order valence-corrected chi connectivity index (χ4v) is 5.54. The minimum atomic E-state index is 0.431. The quantitative estimate of drug-likeness (QED) is 0.609. The highest BCUT2D eigenvalue weighted by molar-refractivity contribution is 5.95. The third-order valence-electron chi connectivity index (χ3n) is 7.25. The van der Waals surface area contributed by atoms with Crippen LogP contribution in [0.15, 0.2) is 54.7 Å². The van der Waals surface area contributed by atoms with Crippen molar-refractivity contribution in [1.29, 1.82) is 5.26 Å². The smallest absolute Gasteiger partial charge is 0.101 e. The van der Waals surface area contributed by atoms with Gasteiger partial charge in [0.2, 0.25) is 0 Å². The van der Waals surface area contributed by atoms with Crippen LogP contribution in [0.25, 0.3) is 10.9 Å². The Hall–Kier alpha value is -2.94. The van der Waals surface area contributed by atoms with Gasteiger partial charge < -0.3 is 15.5 Å². The fourth-order valence-electron chi connectivity index (χ4n) is 5.54. The maximum absolute atomic E-state index is 9.47. The van der Waals surface area contributed by atoms with E-state index in [0.717, 1.165) is 43.6 Å². The predicted octanol–water partition coefficient (Wildman–Crippen LogP) is 4.58. The van der Waals surface area contributed by atoms with Crippen molar-refractivity contribution >= 4 is 16.6 Å². The van der Waals surface area contributed by atoms with Crippen molar-refractivity contribution < 1.29 is 0 Å². The van der Waals surface area contributed by atoms with Gasteiger partial charge in [0.15, 0.2) is 0 Å². The molecule has 2 atom stereocenters. The lowest BCUT2D eigenvalue weighted by Gasteiger charge is -2.39. The van der Waals surface area contributed by atoms with Gasteiger partial charge in [-0.05, 0) is 79.6 Å². The van der Waals surface area contributed by atoms with Gasteiger partial charge in [-0.3, -0.25) is 4.98 Å². The molecule has 5 nitrogen and oxygen atoms in total. The zero-order chi connectivity index (χ0) is 22.6. The summed E-state index contributed by atoms with van der Waals surface area (Å²) in [6.45, 7) is 7.49. The lowest BCUT2D eigenvalue weighted by Crippen LogP contribution is -2.48. The molecule has 33 heavy (non-hydrogen) atoms. The Balaban J connectivity index is 1.26. The van der Waals surface area contributed by atoms with E-state index in [1.165, 1.54) is 36.1 Å². The van der Waals surface area contributed by atoms with E-state index in [-0.39, 0.29) is 0 Å². The van der Waals surface area contributed by atoms with E-state index in [0.29, 0.717) is 23.4 Å². The van der Waals surface area contributed by atoms with Crippen LogP contribution >= 0.6 is 0 Å². The number of anilines is 1. The van der Waals surface area contributed by atoms with Crippen molar-refractivity contribution in [2.45, 2.75) is 44.7 Å². The van der Waals surface area contributed by atoms with Crippen molar-refractivity contribution in [3.8, 4) is 6.07 Å². The van der Waals surface area contributed by atoms with Crippen molar-refractivity contribution in [3.63, 3.8) is 0 Å². The lowest BCUT2D eigenvalue weighted by atomic mass is 9.90. The molecule has 170 valence electrons. The molecule has 3 heterocycles. The second-order valence-electron chi connectivity index (χ2n) is 9.73. The highest BCUT2D eigenvalue weighted by Gasteiger charge is 2.26. The van der Waals surface area contributed by atoms with Gasteiger partial charge in [0.05, 0.1) is 11.1 Å². The fraction of sp³-hybridized carbons (Fsp3) is 0.429. The second-order valence-corrected chi connectivity index (χ2v) is 9.73. The van der Waals surface area contributed by atoms with Crippen molar-refractivity contribution in [1.82, 2.24) is 15.6 Å². The van der Waals surface area contributed by atoms with E-state index in [4.69, 9.17) is 0 Å². The van der Waals surface area contributed by atoms with E-state index in [1.807, 2.05) is 12.1 Å². The van der Waals surface area contributed by atoms with Crippen LogP contribution < -0.4 is 15.5 Å². The number of nitrogens with zero attached hydrogens (tertiary/aromatic N) is 3.